The van der Waals surface area contributed by atoms with Gasteiger partial charge in [0, 0.05) is 18.9 Å². The molecule has 1 aromatic rings. The van der Waals surface area contributed by atoms with E-state index in [0.717, 1.165) is 0 Å². The number of amides is 1. The fourth-order valence-corrected chi connectivity index (χ4v) is 2.15. The number of hydrogen-bond acceptors (Lipinski definition) is 4. The Morgan fingerprint density at radius 2 is 2.32 bits per heavy atom. The third kappa shape index (κ3) is 2.31. The highest BCUT2D eigenvalue weighted by Crippen LogP contribution is 2.35. The largest absolute Gasteiger partial charge is 0.505 e. The number of esters is 1. The van der Waals surface area contributed by atoms with Gasteiger partial charge < -0.3 is 14.7 Å². The van der Waals surface area contributed by atoms with Gasteiger partial charge in [0.2, 0.25) is 5.91 Å². The molecule has 5 nitrogen and oxygen atoms in total. The van der Waals surface area contributed by atoms with Gasteiger partial charge in [0.25, 0.3) is 0 Å². The highest BCUT2D eigenvalue weighted by Gasteiger charge is 2.31. The van der Waals surface area contributed by atoms with Gasteiger partial charge in [0.15, 0.2) is 5.75 Å². The van der Waals surface area contributed by atoms with E-state index in [1.807, 2.05) is 0 Å². The van der Waals surface area contributed by atoms with Crippen LogP contribution in [-0.4, -0.2) is 30.6 Å². The number of carbonyl (C=O) groups excluding carboxylic acids is 2. The molecule has 1 atom stereocenters. The van der Waals surface area contributed by atoms with E-state index in [4.69, 9.17) is 0 Å². The summed E-state index contributed by atoms with van der Waals surface area (Å²) in [6.07, 6.45) is 2.09. The van der Waals surface area contributed by atoms with Gasteiger partial charge in [-0.3, -0.25) is 4.79 Å². The van der Waals surface area contributed by atoms with Crippen molar-refractivity contribution in [3.8, 4) is 5.75 Å². The minimum absolute atomic E-state index is 0.0508. The molecule has 1 saturated heterocycles. The van der Waals surface area contributed by atoms with Crippen molar-refractivity contribution in [2.45, 2.75) is 6.42 Å². The van der Waals surface area contributed by atoms with Crippen molar-refractivity contribution in [2.24, 2.45) is 5.92 Å². The lowest BCUT2D eigenvalue weighted by molar-refractivity contribution is -0.117. The number of phenolic OH excluding ortho intramolecular Hbond substituents is 1. The number of hydrogen-bond donors (Lipinski definition) is 1. The van der Waals surface area contributed by atoms with E-state index in [0.29, 0.717) is 18.7 Å². The predicted octanol–water partition coefficient (Wildman–Crippen LogP) is 1.72. The molecule has 1 fully saturated rings. The van der Waals surface area contributed by atoms with Crippen LogP contribution in [0.2, 0.25) is 0 Å². The zero-order valence-corrected chi connectivity index (χ0v) is 10.6. The van der Waals surface area contributed by atoms with Crippen LogP contribution in [0.15, 0.2) is 30.9 Å². The molecule has 2 rings (SSSR count). The average Bonchev–Trinajstić information content (AvgIpc) is 2.79. The van der Waals surface area contributed by atoms with E-state index >= 15 is 0 Å². The molecule has 1 amide bonds. The average molecular weight is 261 g/mol. The van der Waals surface area contributed by atoms with Crippen LogP contribution in [0.4, 0.5) is 5.69 Å². The topological polar surface area (TPSA) is 66.8 Å². The van der Waals surface area contributed by atoms with E-state index in [-0.39, 0.29) is 23.1 Å². The second-order valence-electron chi connectivity index (χ2n) is 4.37. The molecule has 0 radical (unpaired) electrons. The quantitative estimate of drug-likeness (QED) is 0.664. The summed E-state index contributed by atoms with van der Waals surface area (Å²) in [5.41, 5.74) is 0.382. The third-order valence-electron chi connectivity index (χ3n) is 3.20. The number of para-hydroxylation sites is 1. The van der Waals surface area contributed by atoms with Crippen molar-refractivity contribution in [3.63, 3.8) is 0 Å². The van der Waals surface area contributed by atoms with Crippen LogP contribution in [0.25, 0.3) is 0 Å². The van der Waals surface area contributed by atoms with Gasteiger partial charge in [0.05, 0.1) is 12.8 Å². The Morgan fingerprint density at radius 1 is 1.58 bits per heavy atom. The van der Waals surface area contributed by atoms with Crippen molar-refractivity contribution < 1.29 is 19.4 Å². The molecule has 1 aromatic carbocycles. The van der Waals surface area contributed by atoms with Crippen LogP contribution in [0.1, 0.15) is 16.8 Å². The minimum atomic E-state index is -0.633. The summed E-state index contributed by atoms with van der Waals surface area (Å²) in [5, 5.41) is 10.1. The number of rotatable bonds is 3. The van der Waals surface area contributed by atoms with Crippen LogP contribution in [-0.2, 0) is 9.53 Å². The van der Waals surface area contributed by atoms with E-state index in [1.165, 1.54) is 18.1 Å². The molecule has 0 aromatic heterocycles. The van der Waals surface area contributed by atoms with Gasteiger partial charge in [-0.2, -0.15) is 0 Å². The smallest absolute Gasteiger partial charge is 0.341 e. The molecule has 0 saturated carbocycles. The van der Waals surface area contributed by atoms with Crippen LogP contribution >= 0.6 is 0 Å². The fourth-order valence-electron chi connectivity index (χ4n) is 2.15. The summed E-state index contributed by atoms with van der Waals surface area (Å²) in [6.45, 7) is 4.13. The number of anilines is 1. The SMILES string of the molecule is C=CC1CC(=O)N(c2cccc(C(=O)OC)c2O)C1. The maximum Gasteiger partial charge on any atom is 0.341 e. The maximum absolute atomic E-state index is 11.9. The number of benzene rings is 1. The van der Waals surface area contributed by atoms with Gasteiger partial charge in [-0.15, -0.1) is 6.58 Å². The first-order chi connectivity index (χ1) is 9.08. The molecular formula is C14H15NO4. The number of phenols is 1. The molecule has 1 heterocycles. The second-order valence-corrected chi connectivity index (χ2v) is 4.37. The summed E-state index contributed by atoms with van der Waals surface area (Å²) in [6, 6.07) is 4.66. The molecule has 1 unspecified atom stereocenters. The summed E-state index contributed by atoms with van der Waals surface area (Å²) in [4.78, 5) is 24.9. The molecule has 0 bridgehead atoms. The van der Waals surface area contributed by atoms with Crippen molar-refractivity contribution in [1.29, 1.82) is 0 Å². The Morgan fingerprint density at radius 3 is 2.89 bits per heavy atom. The Hall–Kier alpha value is -2.30. The highest BCUT2D eigenvalue weighted by atomic mass is 16.5. The summed E-state index contributed by atoms with van der Waals surface area (Å²) in [5.74, 6) is -0.894. The number of methoxy groups -OCH3 is 1. The maximum atomic E-state index is 11.9. The highest BCUT2D eigenvalue weighted by molar-refractivity contribution is 6.01. The van der Waals surface area contributed by atoms with Crippen molar-refractivity contribution in [1.82, 2.24) is 0 Å². The number of nitrogens with zero attached hydrogens (tertiary/aromatic N) is 1. The molecule has 0 aliphatic carbocycles. The van der Waals surface area contributed by atoms with Crippen molar-refractivity contribution in [3.05, 3.63) is 36.4 Å². The van der Waals surface area contributed by atoms with Crippen LogP contribution in [0.5, 0.6) is 5.75 Å². The lowest BCUT2D eigenvalue weighted by atomic mass is 10.1. The van der Waals surface area contributed by atoms with E-state index in [1.54, 1.807) is 18.2 Å². The van der Waals surface area contributed by atoms with Gasteiger partial charge in [-0.05, 0) is 12.1 Å². The number of aromatic hydroxyl groups is 1. The molecule has 1 aliphatic heterocycles. The zero-order chi connectivity index (χ0) is 14.0. The van der Waals surface area contributed by atoms with E-state index in [2.05, 4.69) is 11.3 Å². The molecule has 100 valence electrons. The number of carbonyl (C=O) groups is 2. The fraction of sp³-hybridized carbons (Fsp3) is 0.286. The Balaban J connectivity index is 2.38. The standard InChI is InChI=1S/C14H15NO4/c1-3-9-7-12(16)15(8-9)11-6-4-5-10(13(11)17)14(18)19-2/h3-6,9,17H,1,7-8H2,2H3. The number of ether oxygens (including phenoxy) is 1. The first-order valence-corrected chi connectivity index (χ1v) is 5.91. The summed E-state index contributed by atoms with van der Waals surface area (Å²) >= 11 is 0. The van der Waals surface area contributed by atoms with Crippen LogP contribution in [0, 0.1) is 5.92 Å². The Labute approximate surface area is 111 Å². The van der Waals surface area contributed by atoms with Gasteiger partial charge in [0.1, 0.15) is 5.56 Å². The molecule has 5 heteroatoms. The Bertz CT molecular complexity index is 538. The lowest BCUT2D eigenvalue weighted by Crippen LogP contribution is -2.24. The van der Waals surface area contributed by atoms with E-state index < -0.39 is 5.97 Å². The van der Waals surface area contributed by atoms with Gasteiger partial charge in [-0.1, -0.05) is 12.1 Å². The minimum Gasteiger partial charge on any atom is -0.505 e. The third-order valence-corrected chi connectivity index (χ3v) is 3.20. The molecule has 1 aliphatic rings. The van der Waals surface area contributed by atoms with Crippen LogP contribution < -0.4 is 4.90 Å². The first-order valence-electron chi connectivity index (χ1n) is 5.91. The first kappa shape index (κ1) is 13.1. The Kier molecular flexibility index (Phi) is 3.55. The molecule has 19 heavy (non-hydrogen) atoms. The monoisotopic (exact) mass is 261 g/mol. The van der Waals surface area contributed by atoms with Crippen molar-refractivity contribution >= 4 is 17.6 Å². The van der Waals surface area contributed by atoms with E-state index in [9.17, 15) is 14.7 Å². The van der Waals surface area contributed by atoms with Gasteiger partial charge in [-0.25, -0.2) is 4.79 Å². The molecular weight excluding hydrogens is 246 g/mol. The normalized spacial score (nSPS) is 18.5. The van der Waals surface area contributed by atoms with Crippen LogP contribution in [0.3, 0.4) is 0 Å². The summed E-state index contributed by atoms with van der Waals surface area (Å²) in [7, 11) is 1.24. The zero-order valence-electron chi connectivity index (χ0n) is 10.6. The summed E-state index contributed by atoms with van der Waals surface area (Å²) < 4.78 is 4.59. The van der Waals surface area contributed by atoms with Gasteiger partial charge >= 0.3 is 5.97 Å². The second kappa shape index (κ2) is 5.14. The van der Waals surface area contributed by atoms with Crippen molar-refractivity contribution in [2.75, 3.05) is 18.6 Å². The lowest BCUT2D eigenvalue weighted by Gasteiger charge is -2.18. The predicted molar refractivity (Wildman–Crippen MR) is 70.1 cm³/mol. The molecule has 1 N–H and O–H groups in total. The molecule has 0 spiro atoms.